The van der Waals surface area contributed by atoms with Crippen molar-refractivity contribution in [2.75, 3.05) is 0 Å². The molecular formula is C7H10BrN3. The van der Waals surface area contributed by atoms with E-state index in [1.165, 1.54) is 0 Å². The molecule has 11 heavy (non-hydrogen) atoms. The minimum Gasteiger partial charge on any atom is -0.252 e. The van der Waals surface area contributed by atoms with Crippen LogP contribution in [0.5, 0.6) is 0 Å². The molecule has 1 aromatic rings. The maximum Gasteiger partial charge on any atom is 0.217 e. The summed E-state index contributed by atoms with van der Waals surface area (Å²) in [6.45, 7) is 4.55. The first-order valence-corrected chi connectivity index (χ1v) is 4.28. The standard InChI is InChI=1S/C7H10BrN3/c1-2-3-4-5-11-6-9-7(8)10-11/h2,6H,1,3-5H2. The lowest BCUT2D eigenvalue weighted by Crippen LogP contribution is -1.97. The van der Waals surface area contributed by atoms with Gasteiger partial charge < -0.3 is 0 Å². The number of unbranched alkanes of at least 4 members (excludes halogenated alkanes) is 1. The lowest BCUT2D eigenvalue weighted by atomic mass is 10.3. The van der Waals surface area contributed by atoms with Gasteiger partial charge in [-0.05, 0) is 28.8 Å². The summed E-state index contributed by atoms with van der Waals surface area (Å²) in [4.78, 5) is 3.94. The number of aryl methyl sites for hydroxylation is 1. The normalized spacial score (nSPS) is 9.91. The van der Waals surface area contributed by atoms with Gasteiger partial charge in [0.1, 0.15) is 6.33 Å². The molecule has 60 valence electrons. The molecule has 1 aromatic heterocycles. The first-order chi connectivity index (χ1) is 5.33. The van der Waals surface area contributed by atoms with E-state index in [2.05, 4.69) is 32.6 Å². The molecule has 0 aliphatic rings. The fourth-order valence-electron chi connectivity index (χ4n) is 0.777. The SMILES string of the molecule is C=CCCCn1cnc(Br)n1. The largest absolute Gasteiger partial charge is 0.252 e. The van der Waals surface area contributed by atoms with Crippen LogP contribution in [0.4, 0.5) is 0 Å². The molecule has 0 N–H and O–H groups in total. The second-order valence-corrected chi connectivity index (χ2v) is 2.92. The second kappa shape index (κ2) is 4.28. The molecule has 0 fully saturated rings. The molecule has 0 unspecified atom stereocenters. The number of nitrogens with zero attached hydrogens (tertiary/aromatic N) is 3. The van der Waals surface area contributed by atoms with E-state index >= 15 is 0 Å². The minimum absolute atomic E-state index is 0.649. The van der Waals surface area contributed by atoms with Crippen LogP contribution in [0.3, 0.4) is 0 Å². The van der Waals surface area contributed by atoms with E-state index in [-0.39, 0.29) is 0 Å². The maximum absolute atomic E-state index is 4.07. The third-order valence-electron chi connectivity index (χ3n) is 1.30. The molecule has 0 aliphatic carbocycles. The van der Waals surface area contributed by atoms with E-state index in [1.807, 2.05) is 10.8 Å². The molecule has 0 bridgehead atoms. The number of hydrogen-bond acceptors (Lipinski definition) is 2. The van der Waals surface area contributed by atoms with E-state index in [0.29, 0.717) is 4.73 Å². The third-order valence-corrected chi connectivity index (χ3v) is 1.67. The highest BCUT2D eigenvalue weighted by Gasteiger charge is 1.93. The van der Waals surface area contributed by atoms with Crippen molar-refractivity contribution in [1.82, 2.24) is 14.8 Å². The van der Waals surface area contributed by atoms with Crippen LogP contribution in [0.25, 0.3) is 0 Å². The van der Waals surface area contributed by atoms with E-state index in [1.54, 1.807) is 6.33 Å². The van der Waals surface area contributed by atoms with Gasteiger partial charge in [-0.2, -0.15) is 0 Å². The summed E-state index contributed by atoms with van der Waals surface area (Å²) in [7, 11) is 0. The Balaban J connectivity index is 2.32. The van der Waals surface area contributed by atoms with Crippen molar-refractivity contribution in [1.29, 1.82) is 0 Å². The molecule has 1 heterocycles. The van der Waals surface area contributed by atoms with Crippen LogP contribution in [-0.2, 0) is 6.54 Å². The molecule has 0 amide bonds. The monoisotopic (exact) mass is 215 g/mol. The maximum atomic E-state index is 4.07. The lowest BCUT2D eigenvalue weighted by Gasteiger charge is -1.95. The summed E-state index contributed by atoms with van der Waals surface area (Å²) in [6, 6.07) is 0. The Hall–Kier alpha value is -0.640. The predicted molar refractivity (Wildman–Crippen MR) is 47.2 cm³/mol. The number of halogens is 1. The van der Waals surface area contributed by atoms with Gasteiger partial charge in [-0.1, -0.05) is 6.08 Å². The Morgan fingerprint density at radius 2 is 2.55 bits per heavy atom. The van der Waals surface area contributed by atoms with Gasteiger partial charge in [0.25, 0.3) is 0 Å². The van der Waals surface area contributed by atoms with Gasteiger partial charge in [0, 0.05) is 6.54 Å². The summed E-state index contributed by atoms with van der Waals surface area (Å²) in [5, 5.41) is 4.07. The van der Waals surface area contributed by atoms with Crippen molar-refractivity contribution in [2.24, 2.45) is 0 Å². The van der Waals surface area contributed by atoms with Crippen molar-refractivity contribution in [3.63, 3.8) is 0 Å². The lowest BCUT2D eigenvalue weighted by molar-refractivity contribution is 0.580. The second-order valence-electron chi connectivity index (χ2n) is 2.21. The van der Waals surface area contributed by atoms with Crippen LogP contribution in [0.1, 0.15) is 12.8 Å². The number of allylic oxidation sites excluding steroid dienone is 1. The summed E-state index contributed by atoms with van der Waals surface area (Å²) in [5.41, 5.74) is 0. The Morgan fingerprint density at radius 1 is 1.73 bits per heavy atom. The summed E-state index contributed by atoms with van der Waals surface area (Å²) in [6.07, 6.45) is 5.72. The Kier molecular flexibility index (Phi) is 3.29. The number of hydrogen-bond donors (Lipinski definition) is 0. The van der Waals surface area contributed by atoms with Crippen molar-refractivity contribution in [3.8, 4) is 0 Å². The van der Waals surface area contributed by atoms with Gasteiger partial charge in [0.15, 0.2) is 0 Å². The fourth-order valence-corrected chi connectivity index (χ4v) is 1.07. The summed E-state index contributed by atoms with van der Waals surface area (Å²) in [5.74, 6) is 0. The Bertz CT molecular complexity index is 231. The molecule has 3 nitrogen and oxygen atoms in total. The van der Waals surface area contributed by atoms with Gasteiger partial charge in [-0.3, -0.25) is 4.68 Å². The molecule has 4 heteroatoms. The highest BCUT2D eigenvalue weighted by molar-refractivity contribution is 9.10. The topological polar surface area (TPSA) is 30.7 Å². The number of rotatable bonds is 4. The quantitative estimate of drug-likeness (QED) is 0.569. The van der Waals surface area contributed by atoms with Gasteiger partial charge in [-0.15, -0.1) is 11.7 Å². The average molecular weight is 216 g/mol. The Morgan fingerprint density at radius 3 is 3.09 bits per heavy atom. The van der Waals surface area contributed by atoms with E-state index in [0.717, 1.165) is 19.4 Å². The zero-order chi connectivity index (χ0) is 8.10. The van der Waals surface area contributed by atoms with Gasteiger partial charge >= 0.3 is 0 Å². The van der Waals surface area contributed by atoms with Crippen LogP contribution in [0, 0.1) is 0 Å². The first-order valence-electron chi connectivity index (χ1n) is 3.49. The Labute approximate surface area is 74.3 Å². The fraction of sp³-hybridized carbons (Fsp3) is 0.429. The van der Waals surface area contributed by atoms with Crippen LogP contribution in [-0.4, -0.2) is 14.8 Å². The zero-order valence-corrected chi connectivity index (χ0v) is 7.79. The highest BCUT2D eigenvalue weighted by Crippen LogP contribution is 2.00. The third kappa shape index (κ3) is 2.84. The smallest absolute Gasteiger partial charge is 0.217 e. The van der Waals surface area contributed by atoms with Crippen molar-refractivity contribution in [2.45, 2.75) is 19.4 Å². The molecular weight excluding hydrogens is 206 g/mol. The molecule has 0 radical (unpaired) electrons. The molecule has 0 atom stereocenters. The van der Waals surface area contributed by atoms with E-state index in [4.69, 9.17) is 0 Å². The van der Waals surface area contributed by atoms with Crippen LogP contribution < -0.4 is 0 Å². The van der Waals surface area contributed by atoms with Crippen LogP contribution in [0.15, 0.2) is 23.7 Å². The van der Waals surface area contributed by atoms with E-state index in [9.17, 15) is 0 Å². The van der Waals surface area contributed by atoms with Crippen molar-refractivity contribution < 1.29 is 0 Å². The molecule has 0 spiro atoms. The van der Waals surface area contributed by atoms with Gasteiger partial charge in [0.2, 0.25) is 4.73 Å². The molecule has 0 aliphatic heterocycles. The van der Waals surface area contributed by atoms with E-state index < -0.39 is 0 Å². The number of aromatic nitrogens is 3. The molecule has 0 aromatic carbocycles. The van der Waals surface area contributed by atoms with Gasteiger partial charge in [0.05, 0.1) is 0 Å². The first kappa shape index (κ1) is 8.46. The molecule has 0 saturated heterocycles. The van der Waals surface area contributed by atoms with Crippen LogP contribution >= 0.6 is 15.9 Å². The zero-order valence-electron chi connectivity index (χ0n) is 6.20. The minimum atomic E-state index is 0.649. The molecule has 1 rings (SSSR count). The summed E-state index contributed by atoms with van der Waals surface area (Å²) >= 11 is 3.18. The van der Waals surface area contributed by atoms with Crippen LogP contribution in [0.2, 0.25) is 0 Å². The summed E-state index contributed by atoms with van der Waals surface area (Å²) < 4.78 is 2.46. The van der Waals surface area contributed by atoms with Crippen molar-refractivity contribution >= 4 is 15.9 Å². The molecule has 0 saturated carbocycles. The predicted octanol–water partition coefficient (Wildman–Crippen LogP) is 2.01. The average Bonchev–Trinajstić information content (AvgIpc) is 2.37. The van der Waals surface area contributed by atoms with Crippen molar-refractivity contribution in [3.05, 3.63) is 23.7 Å². The highest BCUT2D eigenvalue weighted by atomic mass is 79.9. The van der Waals surface area contributed by atoms with Gasteiger partial charge in [-0.25, -0.2) is 4.98 Å².